The van der Waals surface area contributed by atoms with Crippen molar-refractivity contribution in [3.63, 3.8) is 0 Å². The van der Waals surface area contributed by atoms with E-state index in [1.807, 2.05) is 0 Å². The molecule has 0 fully saturated rings. The zero-order valence-corrected chi connectivity index (χ0v) is 12.0. The Bertz CT molecular complexity index is 202. The zero-order chi connectivity index (χ0) is 13.1. The van der Waals surface area contributed by atoms with Gasteiger partial charge in [-0.25, -0.2) is 0 Å². The molecule has 0 saturated carbocycles. The molecular weight excluding hydrogens is 212 g/mol. The fourth-order valence-electron chi connectivity index (χ4n) is 1.59. The molecule has 0 bridgehead atoms. The maximum absolute atomic E-state index is 5.78. The minimum absolute atomic E-state index is 0.582. The summed E-state index contributed by atoms with van der Waals surface area (Å²) in [6.07, 6.45) is 2.30. The van der Waals surface area contributed by atoms with Gasteiger partial charge in [0, 0.05) is 19.6 Å². The van der Waals surface area contributed by atoms with Crippen molar-refractivity contribution in [2.45, 2.75) is 40.5 Å². The summed E-state index contributed by atoms with van der Waals surface area (Å²) in [6, 6.07) is 0. The second kappa shape index (κ2) is 10.4. The maximum Gasteiger partial charge on any atom is 0.188 e. The average Bonchev–Trinajstić information content (AvgIpc) is 2.27. The topological polar surface area (TPSA) is 53.6 Å². The van der Waals surface area contributed by atoms with E-state index in [4.69, 9.17) is 5.73 Å². The third-order valence-electron chi connectivity index (χ3n) is 2.71. The molecular formula is C13H30N4. The highest BCUT2D eigenvalue weighted by molar-refractivity contribution is 5.77. The lowest BCUT2D eigenvalue weighted by atomic mass is 10.1. The highest BCUT2D eigenvalue weighted by Crippen LogP contribution is 1.97. The van der Waals surface area contributed by atoms with Crippen molar-refractivity contribution in [1.29, 1.82) is 0 Å². The monoisotopic (exact) mass is 242 g/mol. The van der Waals surface area contributed by atoms with E-state index in [1.165, 1.54) is 6.42 Å². The zero-order valence-electron chi connectivity index (χ0n) is 12.0. The molecule has 4 nitrogen and oxygen atoms in total. The van der Waals surface area contributed by atoms with Gasteiger partial charge < -0.3 is 16.0 Å². The van der Waals surface area contributed by atoms with E-state index in [0.29, 0.717) is 11.9 Å². The van der Waals surface area contributed by atoms with Crippen LogP contribution in [-0.2, 0) is 0 Å². The molecule has 0 aliphatic heterocycles. The van der Waals surface area contributed by atoms with Gasteiger partial charge in [0.15, 0.2) is 5.96 Å². The standard InChI is InChI=1S/C13H30N4/c1-5-10-17(6-2)11-9-16-13(14)15-8-7-12(3)4/h12H,5-11H2,1-4H3,(H3,14,15,16). The average molecular weight is 242 g/mol. The summed E-state index contributed by atoms with van der Waals surface area (Å²) in [6.45, 7) is 13.8. The van der Waals surface area contributed by atoms with Crippen LogP contribution in [0.3, 0.4) is 0 Å². The molecule has 0 aromatic rings. The molecule has 0 atom stereocenters. The normalized spacial score (nSPS) is 12.5. The minimum atomic E-state index is 0.582. The molecule has 0 rings (SSSR count). The summed E-state index contributed by atoms with van der Waals surface area (Å²) in [5.74, 6) is 1.27. The number of guanidine groups is 1. The number of hydrogen-bond donors (Lipinski definition) is 2. The van der Waals surface area contributed by atoms with E-state index < -0.39 is 0 Å². The molecule has 0 amide bonds. The Morgan fingerprint density at radius 2 is 2.00 bits per heavy atom. The van der Waals surface area contributed by atoms with Crippen molar-refractivity contribution in [2.24, 2.45) is 16.6 Å². The summed E-state index contributed by atoms with van der Waals surface area (Å²) in [5, 5.41) is 3.17. The van der Waals surface area contributed by atoms with E-state index >= 15 is 0 Å². The van der Waals surface area contributed by atoms with Gasteiger partial charge in [-0.1, -0.05) is 27.7 Å². The highest BCUT2D eigenvalue weighted by Gasteiger charge is 2.00. The molecule has 0 spiro atoms. The van der Waals surface area contributed by atoms with Gasteiger partial charge in [0.05, 0.1) is 0 Å². The van der Waals surface area contributed by atoms with Crippen molar-refractivity contribution >= 4 is 5.96 Å². The van der Waals surface area contributed by atoms with E-state index in [-0.39, 0.29) is 0 Å². The van der Waals surface area contributed by atoms with Gasteiger partial charge in [0.25, 0.3) is 0 Å². The van der Waals surface area contributed by atoms with Gasteiger partial charge in [0.2, 0.25) is 0 Å². The Kier molecular flexibility index (Phi) is 9.92. The summed E-state index contributed by atoms with van der Waals surface area (Å²) < 4.78 is 0. The van der Waals surface area contributed by atoms with E-state index in [9.17, 15) is 0 Å². The Morgan fingerprint density at radius 1 is 1.29 bits per heavy atom. The van der Waals surface area contributed by atoms with Gasteiger partial charge >= 0.3 is 0 Å². The summed E-state index contributed by atoms with van der Waals surface area (Å²) in [5.41, 5.74) is 5.78. The summed E-state index contributed by atoms with van der Waals surface area (Å²) >= 11 is 0. The van der Waals surface area contributed by atoms with Crippen molar-refractivity contribution in [3.05, 3.63) is 0 Å². The molecule has 4 heteroatoms. The van der Waals surface area contributed by atoms with Crippen LogP contribution in [0.4, 0.5) is 0 Å². The first-order chi connectivity index (χ1) is 8.10. The van der Waals surface area contributed by atoms with Gasteiger partial charge in [-0.3, -0.25) is 4.99 Å². The number of hydrogen-bond acceptors (Lipinski definition) is 2. The van der Waals surface area contributed by atoms with Gasteiger partial charge in [-0.05, 0) is 31.8 Å². The number of nitrogens with zero attached hydrogens (tertiary/aromatic N) is 2. The molecule has 0 aliphatic carbocycles. The molecule has 102 valence electrons. The number of nitrogens with two attached hydrogens (primary N) is 1. The molecule has 0 aromatic carbocycles. The maximum atomic E-state index is 5.78. The summed E-state index contributed by atoms with van der Waals surface area (Å²) in [4.78, 5) is 6.71. The van der Waals surface area contributed by atoms with Crippen LogP contribution in [0.15, 0.2) is 4.99 Å². The van der Waals surface area contributed by atoms with Crippen LogP contribution in [0.25, 0.3) is 0 Å². The number of nitrogens with one attached hydrogen (secondary N) is 1. The molecule has 0 aromatic heterocycles. The van der Waals surface area contributed by atoms with Crippen molar-refractivity contribution in [1.82, 2.24) is 10.2 Å². The number of likely N-dealkylation sites (N-methyl/N-ethyl adjacent to an activating group) is 1. The van der Waals surface area contributed by atoms with Crippen LogP contribution >= 0.6 is 0 Å². The van der Waals surface area contributed by atoms with E-state index in [0.717, 1.165) is 39.1 Å². The van der Waals surface area contributed by atoms with Crippen LogP contribution in [0.2, 0.25) is 0 Å². The van der Waals surface area contributed by atoms with Crippen LogP contribution in [-0.4, -0.2) is 43.6 Å². The lowest BCUT2D eigenvalue weighted by Gasteiger charge is -2.19. The van der Waals surface area contributed by atoms with Gasteiger partial charge in [0.1, 0.15) is 0 Å². The summed E-state index contributed by atoms with van der Waals surface area (Å²) in [7, 11) is 0. The van der Waals surface area contributed by atoms with E-state index in [2.05, 4.69) is 42.9 Å². The largest absolute Gasteiger partial charge is 0.370 e. The first-order valence-corrected chi connectivity index (χ1v) is 6.86. The van der Waals surface area contributed by atoms with Gasteiger partial charge in [-0.15, -0.1) is 0 Å². The molecule has 0 heterocycles. The van der Waals surface area contributed by atoms with Crippen LogP contribution in [0.5, 0.6) is 0 Å². The highest BCUT2D eigenvalue weighted by atomic mass is 15.2. The Morgan fingerprint density at radius 3 is 2.53 bits per heavy atom. The predicted octanol–water partition coefficient (Wildman–Crippen LogP) is 1.67. The smallest absolute Gasteiger partial charge is 0.188 e. The number of rotatable bonds is 9. The molecule has 3 N–H and O–H groups in total. The lowest BCUT2D eigenvalue weighted by Crippen LogP contribution is -2.38. The molecule has 0 aliphatic rings. The Hall–Kier alpha value is -0.770. The van der Waals surface area contributed by atoms with Crippen LogP contribution in [0, 0.1) is 5.92 Å². The predicted molar refractivity (Wildman–Crippen MR) is 76.4 cm³/mol. The van der Waals surface area contributed by atoms with Crippen LogP contribution in [0.1, 0.15) is 40.5 Å². The molecule has 0 unspecified atom stereocenters. The van der Waals surface area contributed by atoms with Gasteiger partial charge in [-0.2, -0.15) is 0 Å². The first kappa shape index (κ1) is 16.2. The molecule has 0 radical (unpaired) electrons. The lowest BCUT2D eigenvalue weighted by molar-refractivity contribution is 0.293. The number of aliphatic imine (C=N–C) groups is 1. The third-order valence-corrected chi connectivity index (χ3v) is 2.71. The Balaban J connectivity index is 3.64. The Labute approximate surface area is 107 Å². The molecule has 17 heavy (non-hydrogen) atoms. The molecule has 0 saturated heterocycles. The van der Waals surface area contributed by atoms with Crippen molar-refractivity contribution < 1.29 is 0 Å². The quantitative estimate of drug-likeness (QED) is 0.478. The minimum Gasteiger partial charge on any atom is -0.370 e. The van der Waals surface area contributed by atoms with Crippen molar-refractivity contribution in [3.8, 4) is 0 Å². The second-order valence-electron chi connectivity index (χ2n) is 4.81. The van der Waals surface area contributed by atoms with Crippen LogP contribution < -0.4 is 11.1 Å². The SMILES string of the molecule is CCCN(CC)CCNC(N)=NCCC(C)C. The fourth-order valence-corrected chi connectivity index (χ4v) is 1.59. The second-order valence-corrected chi connectivity index (χ2v) is 4.81. The third kappa shape index (κ3) is 10.1. The van der Waals surface area contributed by atoms with E-state index in [1.54, 1.807) is 0 Å². The van der Waals surface area contributed by atoms with Crippen molar-refractivity contribution in [2.75, 3.05) is 32.7 Å². The first-order valence-electron chi connectivity index (χ1n) is 6.86. The fraction of sp³-hybridized carbons (Fsp3) is 0.923.